The Labute approximate surface area is 243 Å². The Morgan fingerprint density at radius 1 is 1.22 bits per heavy atom. The predicted molar refractivity (Wildman–Crippen MR) is 167 cm³/mol. The van der Waals surface area contributed by atoms with Crippen LogP contribution in [-0.2, 0) is 4.79 Å². The number of carbonyl (C=O) groups is 1. The van der Waals surface area contributed by atoms with Crippen molar-refractivity contribution in [2.45, 2.75) is 65.1 Å². The molecule has 0 aliphatic carbocycles. The molecular formula is C30H45N9O2. The number of likely N-dealkylation sites (tertiary alicyclic amines) is 1. The summed E-state index contributed by atoms with van der Waals surface area (Å²) in [6.45, 7) is 13.0. The van der Waals surface area contributed by atoms with Gasteiger partial charge in [-0.1, -0.05) is 6.07 Å². The van der Waals surface area contributed by atoms with E-state index in [2.05, 4.69) is 14.8 Å². The van der Waals surface area contributed by atoms with E-state index in [-0.39, 0.29) is 23.9 Å². The zero-order valence-electron chi connectivity index (χ0n) is 25.2. The first-order valence-corrected chi connectivity index (χ1v) is 14.4. The topological polar surface area (TPSA) is 160 Å². The molecule has 0 saturated carbocycles. The van der Waals surface area contributed by atoms with Gasteiger partial charge in [0.15, 0.2) is 5.84 Å². The summed E-state index contributed by atoms with van der Waals surface area (Å²) in [5.74, 6) is 2.52. The number of allylic oxidation sites excluding steroid dienone is 1. The molecule has 41 heavy (non-hydrogen) atoms. The largest absolute Gasteiger partial charge is 0.491 e. The summed E-state index contributed by atoms with van der Waals surface area (Å²) in [4.78, 5) is 35.5. The number of aliphatic imine (C=N–C) groups is 4. The summed E-state index contributed by atoms with van der Waals surface area (Å²) >= 11 is 0. The van der Waals surface area contributed by atoms with Crippen molar-refractivity contribution in [3.05, 3.63) is 35.5 Å². The molecule has 3 aliphatic heterocycles. The Morgan fingerprint density at radius 3 is 2.61 bits per heavy atom. The van der Waals surface area contributed by atoms with E-state index < -0.39 is 5.54 Å². The molecule has 11 nitrogen and oxygen atoms in total. The van der Waals surface area contributed by atoms with Crippen LogP contribution in [0.2, 0.25) is 0 Å². The maximum absolute atomic E-state index is 12.1. The number of primary amides is 1. The van der Waals surface area contributed by atoms with Gasteiger partial charge < -0.3 is 26.8 Å². The average Bonchev–Trinajstić information content (AvgIpc) is 3.27. The van der Waals surface area contributed by atoms with Gasteiger partial charge in [0, 0.05) is 49.6 Å². The van der Waals surface area contributed by atoms with E-state index in [0.29, 0.717) is 37.9 Å². The van der Waals surface area contributed by atoms with E-state index in [0.717, 1.165) is 53.4 Å². The average molecular weight is 564 g/mol. The molecule has 2 atom stereocenters. The third-order valence-corrected chi connectivity index (χ3v) is 7.99. The molecule has 1 aromatic carbocycles. The van der Waals surface area contributed by atoms with Gasteiger partial charge in [0.25, 0.3) is 0 Å². The van der Waals surface area contributed by atoms with E-state index in [1.165, 1.54) is 0 Å². The lowest BCUT2D eigenvalue weighted by Crippen LogP contribution is -2.57. The number of nitrogens with two attached hydrogens (primary N) is 3. The molecule has 1 saturated heterocycles. The lowest BCUT2D eigenvalue weighted by atomic mass is 9.84. The van der Waals surface area contributed by atoms with Crippen molar-refractivity contribution >= 4 is 34.7 Å². The number of hydrogen-bond donors (Lipinski definition) is 3. The fourth-order valence-corrected chi connectivity index (χ4v) is 5.75. The van der Waals surface area contributed by atoms with Gasteiger partial charge in [-0.2, -0.15) is 0 Å². The Bertz CT molecular complexity index is 1300. The molecule has 0 radical (unpaired) electrons. The van der Waals surface area contributed by atoms with Gasteiger partial charge in [-0.25, -0.2) is 4.99 Å². The Kier molecular flexibility index (Phi) is 9.16. The van der Waals surface area contributed by atoms with E-state index in [9.17, 15) is 4.79 Å². The molecule has 2 unspecified atom stereocenters. The highest BCUT2D eigenvalue weighted by atomic mass is 16.5. The monoisotopic (exact) mass is 563 g/mol. The minimum atomic E-state index is -0.734. The molecule has 1 amide bonds. The molecule has 0 spiro atoms. The van der Waals surface area contributed by atoms with Crippen LogP contribution in [0.4, 0.5) is 0 Å². The summed E-state index contributed by atoms with van der Waals surface area (Å²) in [5.41, 5.74) is 20.8. The first-order chi connectivity index (χ1) is 19.5. The Morgan fingerprint density at radius 2 is 1.98 bits per heavy atom. The fraction of sp³-hybridized carbons (Fsp3) is 0.567. The second kappa shape index (κ2) is 12.4. The highest BCUT2D eigenvalue weighted by molar-refractivity contribution is 6.25. The van der Waals surface area contributed by atoms with Crippen LogP contribution >= 0.6 is 0 Å². The number of amidine groups is 3. The van der Waals surface area contributed by atoms with Crippen LogP contribution in [0, 0.1) is 5.92 Å². The second-order valence-electron chi connectivity index (χ2n) is 11.7. The van der Waals surface area contributed by atoms with Gasteiger partial charge >= 0.3 is 0 Å². The van der Waals surface area contributed by atoms with Crippen molar-refractivity contribution in [3.63, 3.8) is 0 Å². The molecule has 11 heteroatoms. The maximum atomic E-state index is 12.1. The van der Waals surface area contributed by atoms with Crippen LogP contribution in [-0.4, -0.2) is 96.4 Å². The van der Waals surface area contributed by atoms with Crippen LogP contribution in [0.1, 0.15) is 58.6 Å². The number of carbonyl (C=O) groups excluding carboxylic acids is 1. The van der Waals surface area contributed by atoms with Crippen molar-refractivity contribution in [2.24, 2.45) is 43.1 Å². The van der Waals surface area contributed by atoms with Crippen molar-refractivity contribution < 1.29 is 9.53 Å². The molecule has 6 N–H and O–H groups in total. The highest BCUT2D eigenvalue weighted by Crippen LogP contribution is 2.34. The lowest BCUT2D eigenvalue weighted by molar-refractivity contribution is -0.129. The number of rotatable bonds is 7. The third-order valence-electron chi connectivity index (χ3n) is 7.99. The zero-order chi connectivity index (χ0) is 29.9. The van der Waals surface area contributed by atoms with Crippen molar-refractivity contribution in [2.75, 3.05) is 39.8 Å². The van der Waals surface area contributed by atoms with Crippen LogP contribution in [0.25, 0.3) is 5.57 Å². The van der Waals surface area contributed by atoms with Crippen molar-refractivity contribution in [1.82, 2.24) is 9.80 Å². The minimum Gasteiger partial charge on any atom is -0.491 e. The first kappa shape index (κ1) is 30.2. The molecular weight excluding hydrogens is 518 g/mol. The smallest absolute Gasteiger partial charge is 0.237 e. The van der Waals surface area contributed by atoms with E-state index >= 15 is 0 Å². The number of benzene rings is 1. The van der Waals surface area contributed by atoms with Gasteiger partial charge in [0.2, 0.25) is 5.91 Å². The van der Waals surface area contributed by atoms with Crippen molar-refractivity contribution in [3.8, 4) is 5.75 Å². The predicted octanol–water partition coefficient (Wildman–Crippen LogP) is 2.04. The standard InChI is InChI=1S/C30H45N9O2/c1-18(2)35-27(36-19(3)32)24-17-38-12-13-41-25-14-20(9-10-22(25)28(38)37-24)23(15-31)26(34-6)21-8-7-11-39(16-21)30(4,5)29(33)40/h9-10,14-15,18,21,24H,7-8,11-13,16-17,31H2,1-6H3,(H2,33,40)(H2,32,35,36). The normalized spacial score (nSPS) is 23.1. The lowest BCUT2D eigenvalue weighted by Gasteiger charge is -2.42. The van der Waals surface area contributed by atoms with Crippen LogP contribution in [0.3, 0.4) is 0 Å². The number of hydrogen-bond acceptors (Lipinski definition) is 8. The molecule has 3 aliphatic rings. The van der Waals surface area contributed by atoms with Crippen LogP contribution in [0.15, 0.2) is 44.4 Å². The van der Waals surface area contributed by atoms with Crippen LogP contribution in [0.5, 0.6) is 5.75 Å². The minimum absolute atomic E-state index is 0.0842. The summed E-state index contributed by atoms with van der Waals surface area (Å²) in [7, 11) is 1.80. The molecule has 4 rings (SSSR count). The molecule has 1 aromatic rings. The summed E-state index contributed by atoms with van der Waals surface area (Å²) in [6.07, 6.45) is 3.52. The highest BCUT2D eigenvalue weighted by Gasteiger charge is 2.38. The first-order valence-electron chi connectivity index (χ1n) is 14.4. The Hall–Kier alpha value is -3.73. The van der Waals surface area contributed by atoms with E-state index in [4.69, 9.17) is 36.9 Å². The quantitative estimate of drug-likeness (QED) is 0.340. The molecule has 0 aromatic heterocycles. The van der Waals surface area contributed by atoms with Gasteiger partial charge in [-0.05, 0) is 71.7 Å². The summed E-state index contributed by atoms with van der Waals surface area (Å²) in [5, 5.41) is 0. The Balaban J connectivity index is 1.64. The summed E-state index contributed by atoms with van der Waals surface area (Å²) in [6, 6.07) is 6.00. The van der Waals surface area contributed by atoms with Crippen molar-refractivity contribution in [1.29, 1.82) is 0 Å². The zero-order valence-corrected chi connectivity index (χ0v) is 25.2. The fourth-order valence-electron chi connectivity index (χ4n) is 5.75. The summed E-state index contributed by atoms with van der Waals surface area (Å²) < 4.78 is 6.22. The number of ether oxygens (including phenoxy) is 1. The van der Waals surface area contributed by atoms with Gasteiger partial charge in [0.05, 0.1) is 23.5 Å². The van der Waals surface area contributed by atoms with Gasteiger partial charge in [-0.3, -0.25) is 24.7 Å². The number of piperidine rings is 1. The van der Waals surface area contributed by atoms with E-state index in [1.54, 1.807) is 20.2 Å². The molecule has 1 fully saturated rings. The molecule has 222 valence electrons. The SMILES string of the molecule is CN=C(C(=CN)c1ccc2c(c1)OCCN1CC(C(N=C(C)N)=NC(C)C)N=C21)C1CCCN(C(C)(C)C(N)=O)C1. The second-order valence-corrected chi connectivity index (χ2v) is 11.7. The third kappa shape index (κ3) is 6.45. The molecule has 3 heterocycles. The molecule has 0 bridgehead atoms. The van der Waals surface area contributed by atoms with Crippen LogP contribution < -0.4 is 21.9 Å². The number of nitrogens with zero attached hydrogens (tertiary/aromatic N) is 6. The maximum Gasteiger partial charge on any atom is 0.237 e. The van der Waals surface area contributed by atoms with E-state index in [1.807, 2.05) is 45.9 Å². The van der Waals surface area contributed by atoms with Gasteiger partial charge in [0.1, 0.15) is 24.2 Å². The number of amides is 1. The number of fused-ring (bicyclic) bond motifs is 3. The van der Waals surface area contributed by atoms with Gasteiger partial charge in [-0.15, -0.1) is 0 Å².